The maximum absolute atomic E-state index is 11.7. The van der Waals surface area contributed by atoms with Gasteiger partial charge < -0.3 is 10.5 Å². The fraction of sp³-hybridized carbons (Fsp3) is 0.571. The van der Waals surface area contributed by atoms with Crippen LogP contribution in [0.2, 0.25) is 5.02 Å². The second kappa shape index (κ2) is 6.33. The molecule has 2 N–H and O–H groups in total. The van der Waals surface area contributed by atoms with E-state index in [1.807, 2.05) is 12.1 Å². The summed E-state index contributed by atoms with van der Waals surface area (Å²) in [6.45, 7) is 0.303. The first-order chi connectivity index (χ1) is 9.41. The van der Waals surface area contributed by atoms with Crippen LogP contribution in [0.3, 0.4) is 0 Å². The molecule has 0 heterocycles. The van der Waals surface area contributed by atoms with E-state index in [9.17, 15) is 8.42 Å². The second-order valence-electron chi connectivity index (χ2n) is 5.28. The van der Waals surface area contributed by atoms with E-state index < -0.39 is 9.84 Å². The zero-order valence-electron chi connectivity index (χ0n) is 11.5. The smallest absolute Gasteiger partial charge is 0.150 e. The standard InChI is InChI=1S/C14H20ClNO3S/c1-20(17,18)11-5-2-4-10(8-11)19-14-7-3-6-13(15)12(14)9-16/h3,6-7,10-11H,2,4-5,8-9,16H2,1H3. The van der Waals surface area contributed by atoms with E-state index in [2.05, 4.69) is 0 Å². The van der Waals surface area contributed by atoms with Gasteiger partial charge in [-0.15, -0.1) is 0 Å². The Morgan fingerprint density at radius 1 is 1.40 bits per heavy atom. The molecule has 1 aliphatic carbocycles. The normalized spacial score (nSPS) is 23.6. The van der Waals surface area contributed by atoms with Crippen LogP contribution in [0.25, 0.3) is 0 Å². The molecule has 2 atom stereocenters. The molecule has 2 unspecified atom stereocenters. The molecular weight excluding hydrogens is 298 g/mol. The van der Waals surface area contributed by atoms with E-state index >= 15 is 0 Å². The molecule has 1 saturated carbocycles. The van der Waals surface area contributed by atoms with Gasteiger partial charge in [0.2, 0.25) is 0 Å². The van der Waals surface area contributed by atoms with E-state index in [4.69, 9.17) is 22.1 Å². The summed E-state index contributed by atoms with van der Waals surface area (Å²) in [5.74, 6) is 0.666. The molecule has 1 fully saturated rings. The highest BCUT2D eigenvalue weighted by Crippen LogP contribution is 2.31. The van der Waals surface area contributed by atoms with Crippen molar-refractivity contribution in [1.82, 2.24) is 0 Å². The van der Waals surface area contributed by atoms with Crippen LogP contribution in [-0.4, -0.2) is 26.0 Å². The van der Waals surface area contributed by atoms with Crippen molar-refractivity contribution in [2.45, 2.75) is 43.6 Å². The number of ether oxygens (including phenoxy) is 1. The predicted molar refractivity (Wildman–Crippen MR) is 80.9 cm³/mol. The summed E-state index contributed by atoms with van der Waals surface area (Å²) in [5, 5.41) is 0.280. The molecule has 1 aromatic carbocycles. The average molecular weight is 318 g/mol. The van der Waals surface area contributed by atoms with Gasteiger partial charge >= 0.3 is 0 Å². The summed E-state index contributed by atoms with van der Waals surface area (Å²) < 4.78 is 29.3. The first-order valence-corrected chi connectivity index (χ1v) is 9.08. The third-order valence-electron chi connectivity index (χ3n) is 3.76. The molecule has 20 heavy (non-hydrogen) atoms. The SMILES string of the molecule is CS(=O)(=O)C1CCCC(Oc2cccc(Cl)c2CN)C1. The fourth-order valence-electron chi connectivity index (χ4n) is 2.62. The number of nitrogens with two attached hydrogens (primary N) is 1. The molecule has 0 saturated heterocycles. The Morgan fingerprint density at radius 3 is 2.80 bits per heavy atom. The monoisotopic (exact) mass is 317 g/mol. The Balaban J connectivity index is 2.12. The maximum atomic E-state index is 11.7. The van der Waals surface area contributed by atoms with Crippen LogP contribution < -0.4 is 10.5 Å². The third kappa shape index (κ3) is 3.65. The highest BCUT2D eigenvalue weighted by Gasteiger charge is 2.30. The minimum Gasteiger partial charge on any atom is -0.490 e. The molecule has 1 aromatic rings. The van der Waals surface area contributed by atoms with Crippen LogP contribution >= 0.6 is 11.6 Å². The molecule has 0 bridgehead atoms. The topological polar surface area (TPSA) is 69.4 Å². The van der Waals surface area contributed by atoms with E-state index in [0.29, 0.717) is 23.7 Å². The maximum Gasteiger partial charge on any atom is 0.150 e. The highest BCUT2D eigenvalue weighted by molar-refractivity contribution is 7.91. The predicted octanol–water partition coefficient (Wildman–Crippen LogP) is 2.53. The number of benzene rings is 1. The zero-order valence-corrected chi connectivity index (χ0v) is 13.1. The first-order valence-electron chi connectivity index (χ1n) is 6.74. The highest BCUT2D eigenvalue weighted by atomic mass is 35.5. The number of sulfone groups is 1. The van der Waals surface area contributed by atoms with Gasteiger partial charge in [-0.05, 0) is 31.4 Å². The van der Waals surface area contributed by atoms with Crippen molar-refractivity contribution in [1.29, 1.82) is 0 Å². The number of hydrogen-bond acceptors (Lipinski definition) is 4. The molecule has 1 aliphatic rings. The summed E-state index contributed by atoms with van der Waals surface area (Å²) in [6, 6.07) is 5.42. The average Bonchev–Trinajstić information content (AvgIpc) is 2.38. The Bertz CT molecular complexity index is 574. The summed E-state index contributed by atoms with van der Waals surface area (Å²) in [6.07, 6.45) is 4.19. The zero-order chi connectivity index (χ0) is 14.8. The Kier molecular flexibility index (Phi) is 4.94. The Morgan fingerprint density at radius 2 is 2.15 bits per heavy atom. The first kappa shape index (κ1) is 15.6. The quantitative estimate of drug-likeness (QED) is 0.926. The van der Waals surface area contributed by atoms with Gasteiger partial charge in [0.1, 0.15) is 15.6 Å². The minimum absolute atomic E-state index is 0.0905. The van der Waals surface area contributed by atoms with Crippen molar-refractivity contribution >= 4 is 21.4 Å². The minimum atomic E-state index is -3.01. The molecule has 4 nitrogen and oxygen atoms in total. The summed E-state index contributed by atoms with van der Waals surface area (Å²) >= 11 is 6.09. The van der Waals surface area contributed by atoms with Gasteiger partial charge in [-0.2, -0.15) is 0 Å². The number of halogens is 1. The van der Waals surface area contributed by atoms with Crippen LogP contribution in [0.15, 0.2) is 18.2 Å². The van der Waals surface area contributed by atoms with E-state index in [-0.39, 0.29) is 11.4 Å². The Hall–Kier alpha value is -0.780. The van der Waals surface area contributed by atoms with Gasteiger partial charge in [-0.1, -0.05) is 17.7 Å². The molecule has 0 aromatic heterocycles. The summed E-state index contributed by atoms with van der Waals surface area (Å²) in [4.78, 5) is 0. The van der Waals surface area contributed by atoms with Crippen molar-refractivity contribution in [3.8, 4) is 5.75 Å². The molecule has 0 aliphatic heterocycles. The van der Waals surface area contributed by atoms with Crippen LogP contribution in [0, 0.1) is 0 Å². The molecule has 0 spiro atoms. The second-order valence-corrected chi connectivity index (χ2v) is 8.01. The van der Waals surface area contributed by atoms with Crippen molar-refractivity contribution in [2.75, 3.05) is 6.26 Å². The molecule has 6 heteroatoms. The van der Waals surface area contributed by atoms with Gasteiger partial charge in [0.25, 0.3) is 0 Å². The van der Waals surface area contributed by atoms with Crippen molar-refractivity contribution in [2.24, 2.45) is 5.73 Å². The van der Waals surface area contributed by atoms with Crippen molar-refractivity contribution in [3.63, 3.8) is 0 Å². The number of hydrogen-bond donors (Lipinski definition) is 1. The van der Waals surface area contributed by atoms with Gasteiger partial charge in [0, 0.05) is 29.8 Å². The van der Waals surface area contributed by atoms with E-state index in [1.165, 1.54) is 6.26 Å². The van der Waals surface area contributed by atoms with Crippen molar-refractivity contribution in [3.05, 3.63) is 28.8 Å². The van der Waals surface area contributed by atoms with E-state index in [1.54, 1.807) is 6.07 Å². The van der Waals surface area contributed by atoms with Crippen LogP contribution in [0.1, 0.15) is 31.2 Å². The lowest BCUT2D eigenvalue weighted by Gasteiger charge is -2.29. The van der Waals surface area contributed by atoms with Crippen LogP contribution in [0.5, 0.6) is 5.75 Å². The van der Waals surface area contributed by atoms with Gasteiger partial charge in [-0.3, -0.25) is 0 Å². The molecule has 2 rings (SSSR count). The van der Waals surface area contributed by atoms with Crippen molar-refractivity contribution < 1.29 is 13.2 Å². The van der Waals surface area contributed by atoms with Gasteiger partial charge in [0.15, 0.2) is 0 Å². The fourth-order valence-corrected chi connectivity index (χ4v) is 4.03. The summed E-state index contributed by atoms with van der Waals surface area (Å²) in [5.41, 5.74) is 6.47. The van der Waals surface area contributed by atoms with Crippen LogP contribution in [-0.2, 0) is 16.4 Å². The molecule has 0 amide bonds. The lowest BCUT2D eigenvalue weighted by atomic mass is 9.97. The van der Waals surface area contributed by atoms with E-state index in [0.717, 1.165) is 24.8 Å². The van der Waals surface area contributed by atoms with Crippen LogP contribution in [0.4, 0.5) is 0 Å². The lowest BCUT2D eigenvalue weighted by molar-refractivity contribution is 0.155. The van der Waals surface area contributed by atoms with Gasteiger partial charge in [-0.25, -0.2) is 8.42 Å². The Labute approximate surface area is 125 Å². The number of rotatable bonds is 4. The molecule has 112 valence electrons. The summed E-state index contributed by atoms with van der Waals surface area (Å²) in [7, 11) is -3.01. The molecular formula is C14H20ClNO3S. The lowest BCUT2D eigenvalue weighted by Crippen LogP contribution is -2.33. The largest absolute Gasteiger partial charge is 0.490 e. The molecule has 0 radical (unpaired) electrons. The van der Waals surface area contributed by atoms with Gasteiger partial charge in [0.05, 0.1) is 11.4 Å². The third-order valence-corrected chi connectivity index (χ3v) is 5.75.